The Hall–Kier alpha value is -2.82. The summed E-state index contributed by atoms with van der Waals surface area (Å²) < 4.78 is 75.2. The van der Waals surface area contributed by atoms with Crippen LogP contribution >= 0.6 is 26.0 Å². The number of hydrogen-bond acceptors (Lipinski definition) is 16. The molecule has 0 aliphatic carbocycles. The van der Waals surface area contributed by atoms with Gasteiger partial charge in [-0.15, -0.1) is 4.52 Å². The minimum atomic E-state index is -4.69. The van der Waals surface area contributed by atoms with Crippen LogP contribution in [0.5, 0.6) is 0 Å². The van der Waals surface area contributed by atoms with Crippen LogP contribution in [0, 0.1) is 0 Å². The molecule has 0 spiro atoms. The fourth-order valence-corrected chi connectivity index (χ4v) is 9.18. The Bertz CT molecular complexity index is 1970. The SMILES string of the molecule is CO[C@H]1[C@H](n2cnc3c(N)ncnc32)OC(C)(COP(O)(=S)[C@H]2[C@H](n3cnc4c(=O)[nH]c(N)nc43)O[C@H](CO)C2(F)F)[C@H]1O[P+](=O)S. The first-order valence-corrected chi connectivity index (χ1v) is 18.5. The molecule has 2 aliphatic heterocycles. The molecule has 0 saturated carbocycles. The summed E-state index contributed by atoms with van der Waals surface area (Å²) in [6, 6.07) is 0. The average Bonchev–Trinajstić information content (AvgIpc) is 3.74. The number of nitrogens with zero attached hydrogens (tertiary/aromatic N) is 7. The highest BCUT2D eigenvalue weighted by molar-refractivity contribution is 8.39. The van der Waals surface area contributed by atoms with Gasteiger partial charge < -0.3 is 40.2 Å². The fourth-order valence-electron chi connectivity index (χ4n) is 5.71. The molecule has 4 aromatic rings. The molecule has 3 unspecified atom stereocenters. The van der Waals surface area contributed by atoms with Gasteiger partial charge in [0.15, 0.2) is 47.7 Å². The van der Waals surface area contributed by atoms with Crippen LogP contribution < -0.4 is 17.0 Å². The third kappa shape index (κ3) is 5.72. The third-order valence-electron chi connectivity index (χ3n) is 7.88. The topological polar surface area (TPSA) is 263 Å². The van der Waals surface area contributed by atoms with Gasteiger partial charge in [0, 0.05) is 7.11 Å². The van der Waals surface area contributed by atoms with Gasteiger partial charge in [-0.1, -0.05) is 0 Å². The maximum Gasteiger partial charge on any atom is 0.582 e. The maximum absolute atomic E-state index is 15.9. The normalized spacial score (nSPS) is 30.7. The lowest BCUT2D eigenvalue weighted by Crippen LogP contribution is -2.46. The van der Waals surface area contributed by atoms with Crippen molar-refractivity contribution in [1.29, 1.82) is 0 Å². The molecule has 0 radical (unpaired) electrons. The average molecular weight is 740 g/mol. The van der Waals surface area contributed by atoms with Crippen LogP contribution in [0.25, 0.3) is 22.3 Å². The quantitative estimate of drug-likeness (QED) is 0.0961. The van der Waals surface area contributed by atoms with E-state index in [2.05, 4.69) is 42.2 Å². The number of imidazole rings is 2. The molecule has 0 amide bonds. The molecule has 47 heavy (non-hydrogen) atoms. The van der Waals surface area contributed by atoms with Crippen molar-refractivity contribution in [2.24, 2.45) is 0 Å². The van der Waals surface area contributed by atoms with E-state index in [9.17, 15) is 19.4 Å². The lowest BCUT2D eigenvalue weighted by Gasteiger charge is -2.34. The standard InChI is InChI=1S/C22H26F2N10O9P2S2/c1-21(12(43-44(37)46)11(39-2)18(42-21)33-6-29-9-14(25)27-5-28-15(9)33)4-40-45(38,47)13-19(41-8(3-35)22(13,23)24)34-7-30-10-16(34)31-20(26)32-17(10)36/h5-8,11-13,18-19,35H,3-4H2,1-2H3,(H6-,25,26,27,28,31,32,36,37,38,46,47)/p+1/t8-,11-,12+,13+,18-,19-,21?,45?/m1/s1. The minimum Gasteiger partial charge on any atom is -0.393 e. The Balaban J connectivity index is 1.36. The molecule has 9 atom stereocenters. The van der Waals surface area contributed by atoms with Crippen molar-refractivity contribution in [2.45, 2.75) is 54.9 Å². The molecule has 19 nitrogen and oxygen atoms in total. The number of nitrogens with two attached hydrogens (primary N) is 2. The van der Waals surface area contributed by atoms with Crippen molar-refractivity contribution in [3.8, 4) is 0 Å². The van der Waals surface area contributed by atoms with Crippen LogP contribution in [-0.4, -0.2) is 105 Å². The number of aromatic amines is 1. The number of hydrogen-bond donors (Lipinski definition) is 6. The third-order valence-corrected chi connectivity index (χ3v) is 11.4. The zero-order chi connectivity index (χ0) is 34.1. The van der Waals surface area contributed by atoms with Gasteiger partial charge in [-0.05, 0) is 23.3 Å². The number of ether oxygens (including phenoxy) is 3. The number of aromatic nitrogens is 8. The molecular weight excluding hydrogens is 712 g/mol. The Morgan fingerprint density at radius 2 is 1.87 bits per heavy atom. The molecule has 25 heteroatoms. The van der Waals surface area contributed by atoms with Crippen LogP contribution in [0.1, 0.15) is 19.4 Å². The number of methoxy groups -OCH3 is 1. The first kappa shape index (κ1) is 34.1. The Kier molecular flexibility index (Phi) is 8.88. The van der Waals surface area contributed by atoms with Crippen LogP contribution in [0.15, 0.2) is 23.8 Å². The number of H-pyrrole nitrogens is 1. The largest absolute Gasteiger partial charge is 0.582 e. The zero-order valence-corrected chi connectivity index (χ0v) is 27.7. The van der Waals surface area contributed by atoms with Gasteiger partial charge in [0.25, 0.3) is 11.5 Å². The van der Waals surface area contributed by atoms with Crippen LogP contribution in [0.4, 0.5) is 20.5 Å². The minimum absolute atomic E-state index is 0.0858. The van der Waals surface area contributed by atoms with Gasteiger partial charge in [0.2, 0.25) is 5.95 Å². The van der Waals surface area contributed by atoms with Crippen LogP contribution in [0.2, 0.25) is 0 Å². The van der Waals surface area contributed by atoms with Crippen molar-refractivity contribution in [1.82, 2.24) is 39.0 Å². The van der Waals surface area contributed by atoms with E-state index in [1.54, 1.807) is 0 Å². The summed E-state index contributed by atoms with van der Waals surface area (Å²) in [4.78, 5) is 46.4. The lowest BCUT2D eigenvalue weighted by molar-refractivity contribution is -0.109. The lowest BCUT2D eigenvalue weighted by atomic mass is 9.98. The summed E-state index contributed by atoms with van der Waals surface area (Å²) >= 11 is 9.21. The number of aliphatic hydroxyl groups excluding tert-OH is 1. The molecule has 2 saturated heterocycles. The fraction of sp³-hybridized carbons (Fsp3) is 0.545. The molecule has 7 N–H and O–H groups in total. The molecule has 0 bridgehead atoms. The first-order valence-electron chi connectivity index (χ1n) is 13.4. The molecule has 254 valence electrons. The van der Waals surface area contributed by atoms with E-state index in [4.69, 9.17) is 46.5 Å². The smallest absolute Gasteiger partial charge is 0.393 e. The molecular formula is C22H27F2N10O9P2S2+. The Morgan fingerprint density at radius 1 is 1.19 bits per heavy atom. The highest BCUT2D eigenvalue weighted by Crippen LogP contribution is 2.63. The van der Waals surface area contributed by atoms with Crippen molar-refractivity contribution < 1.29 is 46.6 Å². The molecule has 6 rings (SSSR count). The molecule has 0 aromatic carbocycles. The predicted octanol–water partition coefficient (Wildman–Crippen LogP) is 0.611. The van der Waals surface area contributed by atoms with Crippen molar-refractivity contribution >= 4 is 71.9 Å². The number of nitrogen functional groups attached to an aromatic ring is 2. The zero-order valence-electron chi connectivity index (χ0n) is 24.2. The molecule has 4 aromatic heterocycles. The predicted molar refractivity (Wildman–Crippen MR) is 165 cm³/mol. The van der Waals surface area contributed by atoms with Crippen LogP contribution in [0.3, 0.4) is 0 Å². The number of aliphatic hydroxyl groups is 1. The van der Waals surface area contributed by atoms with E-state index in [-0.39, 0.29) is 34.1 Å². The summed E-state index contributed by atoms with van der Waals surface area (Å²) in [6.07, 6.45) is -3.80. The van der Waals surface area contributed by atoms with Gasteiger partial charge in [0.1, 0.15) is 47.6 Å². The van der Waals surface area contributed by atoms with E-state index >= 15 is 8.78 Å². The second-order valence-corrected chi connectivity index (χ2v) is 16.0. The number of nitrogens with one attached hydrogen (secondary N) is 1. The van der Waals surface area contributed by atoms with Gasteiger partial charge >= 0.3 is 7.23 Å². The van der Waals surface area contributed by atoms with Gasteiger partial charge in [-0.25, -0.2) is 28.7 Å². The van der Waals surface area contributed by atoms with Gasteiger partial charge in [-0.3, -0.25) is 18.9 Å². The number of anilines is 2. The van der Waals surface area contributed by atoms with Gasteiger partial charge in [-0.2, -0.15) is 4.98 Å². The van der Waals surface area contributed by atoms with Crippen molar-refractivity contribution in [3.63, 3.8) is 0 Å². The van der Waals surface area contributed by atoms with Gasteiger partial charge in [0.05, 0.1) is 25.9 Å². The second kappa shape index (κ2) is 12.3. The highest BCUT2D eigenvalue weighted by atomic mass is 32.7. The summed E-state index contributed by atoms with van der Waals surface area (Å²) in [5.74, 6) is -4.23. The van der Waals surface area contributed by atoms with Crippen molar-refractivity contribution in [2.75, 3.05) is 31.8 Å². The number of rotatable bonds is 10. The Labute approximate surface area is 273 Å². The first-order chi connectivity index (χ1) is 22.1. The molecule has 2 aliphatic rings. The van der Waals surface area contributed by atoms with E-state index in [0.29, 0.717) is 0 Å². The van der Waals surface area contributed by atoms with E-state index in [1.807, 2.05) is 0 Å². The number of thiol groups is 1. The number of halogens is 2. The molecule has 2 fully saturated rings. The summed E-state index contributed by atoms with van der Waals surface area (Å²) in [7, 11) is -1.26. The molecule has 6 heterocycles. The second-order valence-electron chi connectivity index (χ2n) is 10.8. The van der Waals surface area contributed by atoms with Crippen molar-refractivity contribution in [3.05, 3.63) is 29.3 Å². The maximum atomic E-state index is 15.9. The highest BCUT2D eigenvalue weighted by Gasteiger charge is 2.66. The van der Waals surface area contributed by atoms with E-state index in [0.717, 1.165) is 10.9 Å². The monoisotopic (exact) mass is 739 g/mol. The number of alkyl halides is 2. The van der Waals surface area contributed by atoms with Crippen LogP contribution in [-0.2, 0) is 39.6 Å². The van der Waals surface area contributed by atoms with E-state index in [1.165, 1.54) is 31.3 Å². The summed E-state index contributed by atoms with van der Waals surface area (Å²) in [6.45, 7) is -5.12. The Morgan fingerprint density at radius 3 is 2.53 bits per heavy atom. The summed E-state index contributed by atoms with van der Waals surface area (Å²) in [5, 5.41) is 9.76. The van der Waals surface area contributed by atoms with E-state index < -0.39 is 80.4 Å². The summed E-state index contributed by atoms with van der Waals surface area (Å²) in [5.41, 5.74) is 6.82. The number of fused-ring (bicyclic) bond motifs is 2.